The molecule has 160 valence electrons. The van der Waals surface area contributed by atoms with Gasteiger partial charge in [-0.1, -0.05) is 6.07 Å². The van der Waals surface area contributed by atoms with Gasteiger partial charge in [0.15, 0.2) is 17.3 Å². The third-order valence-electron chi connectivity index (χ3n) is 6.30. The number of hydrogen-bond acceptors (Lipinski definition) is 4. The summed E-state index contributed by atoms with van der Waals surface area (Å²) in [4.78, 5) is 28.3. The number of Topliss-reactive ketones (excluding diaryl/α,β-unsaturated/α-hetero) is 1. The number of rotatable bonds is 6. The van der Waals surface area contributed by atoms with Gasteiger partial charge in [0.05, 0.1) is 19.3 Å². The lowest BCUT2D eigenvalue weighted by molar-refractivity contribution is 0.0934. The minimum atomic E-state index is -0.220. The monoisotopic (exact) mass is 410 g/mol. The van der Waals surface area contributed by atoms with Crippen molar-refractivity contribution in [1.82, 2.24) is 10.3 Å². The highest BCUT2D eigenvalue weighted by Crippen LogP contribution is 2.34. The maximum Gasteiger partial charge on any atom is 0.268 e. The number of ketones is 1. The van der Waals surface area contributed by atoms with Gasteiger partial charge in [0.2, 0.25) is 0 Å². The number of carbonyl (C=O) groups is 2. The smallest absolute Gasteiger partial charge is 0.268 e. The van der Waals surface area contributed by atoms with Crippen LogP contribution in [-0.4, -0.2) is 29.9 Å². The van der Waals surface area contributed by atoms with Gasteiger partial charge in [-0.05, 0) is 75.6 Å². The van der Waals surface area contributed by atoms with E-state index in [9.17, 15) is 9.59 Å². The van der Waals surface area contributed by atoms with E-state index in [1.54, 1.807) is 7.11 Å². The van der Waals surface area contributed by atoms with Crippen molar-refractivity contribution in [1.29, 1.82) is 0 Å². The Hall–Kier alpha value is -2.76. The number of aromatic amines is 1. The first-order chi connectivity index (χ1) is 14.5. The zero-order valence-corrected chi connectivity index (χ0v) is 18.0. The average Bonchev–Trinajstić information content (AvgIpc) is 3.36. The van der Waals surface area contributed by atoms with Crippen LogP contribution in [0.4, 0.5) is 0 Å². The Balaban J connectivity index is 1.49. The van der Waals surface area contributed by atoms with Crippen LogP contribution < -0.4 is 14.8 Å². The molecule has 1 amide bonds. The van der Waals surface area contributed by atoms with E-state index in [1.165, 1.54) is 12.8 Å². The van der Waals surface area contributed by atoms with Gasteiger partial charge in [-0.25, -0.2) is 0 Å². The van der Waals surface area contributed by atoms with Gasteiger partial charge in [-0.3, -0.25) is 9.59 Å². The highest BCUT2D eigenvalue weighted by Gasteiger charge is 2.27. The SMILES string of the molecule is COc1cc(C(C)NC(=O)c2[nH]c3c(c2C)C(=O)CCC3)ccc1OC1CCCC1. The predicted molar refractivity (Wildman–Crippen MR) is 115 cm³/mol. The summed E-state index contributed by atoms with van der Waals surface area (Å²) in [5, 5.41) is 3.04. The first-order valence-corrected chi connectivity index (χ1v) is 10.9. The molecule has 6 heteroatoms. The van der Waals surface area contributed by atoms with Crippen LogP contribution >= 0.6 is 0 Å². The van der Waals surface area contributed by atoms with E-state index in [2.05, 4.69) is 10.3 Å². The number of amides is 1. The van der Waals surface area contributed by atoms with E-state index in [4.69, 9.17) is 9.47 Å². The Morgan fingerprint density at radius 2 is 1.93 bits per heavy atom. The standard InChI is InChI=1S/C24H30N2O4/c1-14-22-18(9-6-10-19(22)27)26-23(14)24(28)25-15(2)16-11-12-20(21(13-16)29-3)30-17-7-4-5-8-17/h11-13,15,17,26H,4-10H2,1-3H3,(H,25,28). The van der Waals surface area contributed by atoms with Crippen molar-refractivity contribution in [3.63, 3.8) is 0 Å². The van der Waals surface area contributed by atoms with Gasteiger partial charge in [0.25, 0.3) is 5.91 Å². The average molecular weight is 411 g/mol. The molecule has 0 radical (unpaired) electrons. The van der Waals surface area contributed by atoms with Gasteiger partial charge in [-0.2, -0.15) is 0 Å². The lowest BCUT2D eigenvalue weighted by atomic mass is 9.94. The van der Waals surface area contributed by atoms with E-state index < -0.39 is 0 Å². The zero-order valence-electron chi connectivity index (χ0n) is 18.0. The van der Waals surface area contributed by atoms with Crippen molar-refractivity contribution in [3.05, 3.63) is 46.3 Å². The summed E-state index contributed by atoms with van der Waals surface area (Å²) >= 11 is 0. The molecule has 0 saturated heterocycles. The minimum absolute atomic E-state index is 0.125. The van der Waals surface area contributed by atoms with Crippen molar-refractivity contribution < 1.29 is 19.1 Å². The van der Waals surface area contributed by atoms with Crippen molar-refractivity contribution in [3.8, 4) is 11.5 Å². The largest absolute Gasteiger partial charge is 0.493 e. The number of aromatic nitrogens is 1. The molecule has 4 rings (SSSR count). The summed E-state index contributed by atoms with van der Waals surface area (Å²) in [5.41, 5.74) is 3.75. The molecular formula is C24H30N2O4. The van der Waals surface area contributed by atoms with Crippen LogP contribution in [0.1, 0.15) is 89.2 Å². The molecule has 0 aliphatic heterocycles. The first-order valence-electron chi connectivity index (χ1n) is 10.9. The Morgan fingerprint density at radius 3 is 2.63 bits per heavy atom. The molecule has 2 aliphatic carbocycles. The third-order valence-corrected chi connectivity index (χ3v) is 6.30. The van der Waals surface area contributed by atoms with Crippen molar-refractivity contribution in [2.75, 3.05) is 7.11 Å². The van der Waals surface area contributed by atoms with Gasteiger partial charge < -0.3 is 19.8 Å². The highest BCUT2D eigenvalue weighted by molar-refractivity contribution is 6.04. The molecule has 0 spiro atoms. The second-order valence-electron chi connectivity index (χ2n) is 8.39. The summed E-state index contributed by atoms with van der Waals surface area (Å²) in [6, 6.07) is 5.59. The van der Waals surface area contributed by atoms with E-state index in [0.29, 0.717) is 23.4 Å². The van der Waals surface area contributed by atoms with Crippen LogP contribution in [0.15, 0.2) is 18.2 Å². The Labute approximate surface area is 177 Å². The number of benzene rings is 1. The molecule has 1 unspecified atom stereocenters. The number of nitrogens with one attached hydrogen (secondary N) is 2. The molecule has 1 atom stereocenters. The fourth-order valence-corrected chi connectivity index (χ4v) is 4.59. The molecule has 2 N–H and O–H groups in total. The molecule has 1 aromatic heterocycles. The number of ether oxygens (including phenoxy) is 2. The maximum atomic E-state index is 12.9. The van der Waals surface area contributed by atoms with Gasteiger partial charge in [-0.15, -0.1) is 0 Å². The molecule has 1 heterocycles. The Kier molecular flexibility index (Phi) is 5.84. The summed E-state index contributed by atoms with van der Waals surface area (Å²) < 4.78 is 11.6. The fourth-order valence-electron chi connectivity index (χ4n) is 4.59. The quantitative estimate of drug-likeness (QED) is 0.726. The summed E-state index contributed by atoms with van der Waals surface area (Å²) in [6.45, 7) is 3.78. The Morgan fingerprint density at radius 1 is 1.17 bits per heavy atom. The number of aryl methyl sites for hydroxylation is 1. The summed E-state index contributed by atoms with van der Waals surface area (Å²) in [6.07, 6.45) is 7.04. The van der Waals surface area contributed by atoms with Crippen molar-refractivity contribution >= 4 is 11.7 Å². The molecular weight excluding hydrogens is 380 g/mol. The molecule has 0 bridgehead atoms. The third kappa shape index (κ3) is 3.95. The van der Waals surface area contributed by atoms with E-state index in [0.717, 1.165) is 48.3 Å². The second kappa shape index (κ2) is 8.54. The molecule has 1 saturated carbocycles. The number of fused-ring (bicyclic) bond motifs is 1. The minimum Gasteiger partial charge on any atom is -0.493 e. The normalized spacial score (nSPS) is 17.5. The first kappa shape index (κ1) is 20.5. The van der Waals surface area contributed by atoms with Crippen LogP contribution in [0.25, 0.3) is 0 Å². The number of hydrogen-bond donors (Lipinski definition) is 2. The van der Waals surface area contributed by atoms with Crippen molar-refractivity contribution in [2.45, 2.75) is 70.9 Å². The van der Waals surface area contributed by atoms with Gasteiger partial charge in [0.1, 0.15) is 5.69 Å². The molecule has 1 fully saturated rings. The number of carbonyl (C=O) groups excluding carboxylic acids is 2. The fraction of sp³-hybridized carbons (Fsp3) is 0.500. The number of H-pyrrole nitrogens is 1. The summed E-state index contributed by atoms with van der Waals surface area (Å²) in [7, 11) is 1.63. The lowest BCUT2D eigenvalue weighted by Gasteiger charge is -2.19. The molecule has 2 aromatic rings. The summed E-state index contributed by atoms with van der Waals surface area (Å²) in [5.74, 6) is 1.35. The lowest BCUT2D eigenvalue weighted by Crippen LogP contribution is -2.27. The maximum absolute atomic E-state index is 12.9. The molecule has 30 heavy (non-hydrogen) atoms. The highest BCUT2D eigenvalue weighted by atomic mass is 16.5. The molecule has 6 nitrogen and oxygen atoms in total. The predicted octanol–water partition coefficient (Wildman–Crippen LogP) is 4.66. The zero-order chi connectivity index (χ0) is 21.3. The van der Waals surface area contributed by atoms with Crippen LogP contribution in [0.5, 0.6) is 11.5 Å². The van der Waals surface area contributed by atoms with Crippen LogP contribution in [0.3, 0.4) is 0 Å². The van der Waals surface area contributed by atoms with Gasteiger partial charge in [0, 0.05) is 17.7 Å². The topological polar surface area (TPSA) is 80.4 Å². The molecule has 1 aromatic carbocycles. The number of methoxy groups -OCH3 is 1. The van der Waals surface area contributed by atoms with Crippen LogP contribution in [-0.2, 0) is 6.42 Å². The van der Waals surface area contributed by atoms with Crippen LogP contribution in [0, 0.1) is 6.92 Å². The molecule has 2 aliphatic rings. The second-order valence-corrected chi connectivity index (χ2v) is 8.39. The van der Waals surface area contributed by atoms with E-state index in [-0.39, 0.29) is 23.8 Å². The van der Waals surface area contributed by atoms with Crippen LogP contribution in [0.2, 0.25) is 0 Å². The van der Waals surface area contributed by atoms with E-state index in [1.807, 2.05) is 32.0 Å². The van der Waals surface area contributed by atoms with Crippen molar-refractivity contribution in [2.24, 2.45) is 0 Å². The van der Waals surface area contributed by atoms with Gasteiger partial charge >= 0.3 is 0 Å². The van der Waals surface area contributed by atoms with E-state index >= 15 is 0 Å². The Bertz CT molecular complexity index is 956.